The van der Waals surface area contributed by atoms with Crippen molar-refractivity contribution in [3.05, 3.63) is 66.2 Å². The zero-order valence-corrected chi connectivity index (χ0v) is 13.8. The molecule has 3 aromatic rings. The van der Waals surface area contributed by atoms with E-state index in [1.165, 1.54) is 0 Å². The Morgan fingerprint density at radius 2 is 2.24 bits per heavy atom. The molecule has 1 aliphatic rings. The van der Waals surface area contributed by atoms with Gasteiger partial charge < -0.3 is 10.1 Å². The Morgan fingerprint density at radius 1 is 1.32 bits per heavy atom. The molecule has 25 heavy (non-hydrogen) atoms. The van der Waals surface area contributed by atoms with E-state index in [-0.39, 0.29) is 12.0 Å². The highest BCUT2D eigenvalue weighted by Gasteiger charge is 2.26. The third kappa shape index (κ3) is 3.10. The van der Waals surface area contributed by atoms with Crippen LogP contribution in [-0.2, 0) is 13.5 Å². The van der Waals surface area contributed by atoms with Crippen molar-refractivity contribution in [2.75, 3.05) is 6.54 Å². The first-order valence-corrected chi connectivity index (χ1v) is 8.17. The number of benzene rings is 1. The zero-order chi connectivity index (χ0) is 17.2. The van der Waals surface area contributed by atoms with Crippen molar-refractivity contribution in [2.24, 2.45) is 7.05 Å². The number of pyridine rings is 1. The molecule has 1 aromatic carbocycles. The van der Waals surface area contributed by atoms with E-state index in [0.717, 1.165) is 28.9 Å². The highest BCUT2D eigenvalue weighted by molar-refractivity contribution is 5.92. The predicted molar refractivity (Wildman–Crippen MR) is 93.3 cm³/mol. The van der Waals surface area contributed by atoms with Gasteiger partial charge in [-0.15, -0.1) is 0 Å². The minimum atomic E-state index is -0.187. The summed E-state index contributed by atoms with van der Waals surface area (Å²) in [6, 6.07) is 11.7. The summed E-state index contributed by atoms with van der Waals surface area (Å²) >= 11 is 0. The number of hydrogen-bond acceptors (Lipinski definition) is 4. The molecular weight excluding hydrogens is 316 g/mol. The molecule has 2 aromatic heterocycles. The molecule has 1 amide bonds. The van der Waals surface area contributed by atoms with Crippen LogP contribution in [-0.4, -0.2) is 33.3 Å². The standard InChI is InChI=1S/C19H18N4O2/c1-23-9-7-17(22-23)19(24)21-12-15-10-13-4-2-6-16(18(13)25-15)14-5-3-8-20-11-14/h2-9,11,15H,10,12H2,1H3,(H,21,24). The number of carbonyl (C=O) groups excluding carboxylic acids is 1. The predicted octanol–water partition coefficient (Wildman–Crippen LogP) is 2.22. The van der Waals surface area contributed by atoms with Crippen LogP contribution in [0.5, 0.6) is 5.75 Å². The van der Waals surface area contributed by atoms with E-state index in [1.807, 2.05) is 30.5 Å². The normalized spacial score (nSPS) is 15.5. The molecular formula is C19H18N4O2. The second-order valence-electron chi connectivity index (χ2n) is 6.06. The van der Waals surface area contributed by atoms with Crippen LogP contribution in [0.3, 0.4) is 0 Å². The SMILES string of the molecule is Cn1ccc(C(=O)NCC2Cc3cccc(-c4cccnc4)c3O2)n1. The van der Waals surface area contributed by atoms with Gasteiger partial charge >= 0.3 is 0 Å². The van der Waals surface area contributed by atoms with E-state index < -0.39 is 0 Å². The molecule has 0 spiro atoms. The van der Waals surface area contributed by atoms with Crippen molar-refractivity contribution in [1.82, 2.24) is 20.1 Å². The van der Waals surface area contributed by atoms with Crippen molar-refractivity contribution >= 4 is 5.91 Å². The molecule has 126 valence electrons. The van der Waals surface area contributed by atoms with Crippen LogP contribution in [0.1, 0.15) is 16.1 Å². The van der Waals surface area contributed by atoms with Gasteiger partial charge in [0.25, 0.3) is 5.91 Å². The third-order valence-electron chi connectivity index (χ3n) is 4.24. The van der Waals surface area contributed by atoms with Crippen LogP contribution in [0.2, 0.25) is 0 Å². The summed E-state index contributed by atoms with van der Waals surface area (Å²) in [4.78, 5) is 16.3. The van der Waals surface area contributed by atoms with Gasteiger partial charge in [0.15, 0.2) is 0 Å². The summed E-state index contributed by atoms with van der Waals surface area (Å²) in [5.41, 5.74) is 3.62. The number of ether oxygens (including phenoxy) is 1. The van der Waals surface area contributed by atoms with E-state index in [4.69, 9.17) is 4.74 Å². The monoisotopic (exact) mass is 334 g/mol. The van der Waals surface area contributed by atoms with Gasteiger partial charge in [0.05, 0.1) is 6.54 Å². The van der Waals surface area contributed by atoms with E-state index in [0.29, 0.717) is 12.2 Å². The Hall–Kier alpha value is -3.15. The largest absolute Gasteiger partial charge is 0.487 e. The van der Waals surface area contributed by atoms with Gasteiger partial charge in [-0.1, -0.05) is 24.3 Å². The number of amides is 1. The lowest BCUT2D eigenvalue weighted by Crippen LogP contribution is -2.34. The van der Waals surface area contributed by atoms with Crippen molar-refractivity contribution in [1.29, 1.82) is 0 Å². The van der Waals surface area contributed by atoms with E-state index in [9.17, 15) is 4.79 Å². The molecule has 1 unspecified atom stereocenters. The molecule has 1 N–H and O–H groups in total. The van der Waals surface area contributed by atoms with E-state index in [2.05, 4.69) is 21.5 Å². The summed E-state index contributed by atoms with van der Waals surface area (Å²) in [7, 11) is 1.79. The lowest BCUT2D eigenvalue weighted by atomic mass is 10.0. The second-order valence-corrected chi connectivity index (χ2v) is 6.06. The van der Waals surface area contributed by atoms with Crippen LogP contribution in [0, 0.1) is 0 Å². The van der Waals surface area contributed by atoms with Gasteiger partial charge in [0.2, 0.25) is 0 Å². The Labute approximate surface area is 145 Å². The van der Waals surface area contributed by atoms with Gasteiger partial charge in [0.1, 0.15) is 17.5 Å². The topological polar surface area (TPSA) is 69.0 Å². The van der Waals surface area contributed by atoms with Gasteiger partial charge in [-0.25, -0.2) is 0 Å². The van der Waals surface area contributed by atoms with Gasteiger partial charge in [-0.05, 0) is 17.7 Å². The molecule has 0 saturated carbocycles. The fraction of sp³-hybridized carbons (Fsp3) is 0.211. The fourth-order valence-electron chi connectivity index (χ4n) is 3.03. The smallest absolute Gasteiger partial charge is 0.271 e. The molecule has 6 heteroatoms. The summed E-state index contributed by atoms with van der Waals surface area (Å²) in [6.45, 7) is 0.441. The van der Waals surface area contributed by atoms with Crippen LogP contribution in [0.25, 0.3) is 11.1 Å². The Kier molecular flexibility index (Phi) is 3.93. The number of aromatic nitrogens is 3. The highest BCUT2D eigenvalue weighted by atomic mass is 16.5. The Morgan fingerprint density at radius 3 is 3.00 bits per heavy atom. The first kappa shape index (κ1) is 15.4. The minimum absolute atomic E-state index is 0.0829. The van der Waals surface area contributed by atoms with E-state index in [1.54, 1.807) is 30.2 Å². The first-order chi connectivity index (χ1) is 12.2. The third-order valence-corrected chi connectivity index (χ3v) is 4.24. The summed E-state index contributed by atoms with van der Waals surface area (Å²) in [5.74, 6) is 0.695. The highest BCUT2D eigenvalue weighted by Crippen LogP contribution is 2.38. The van der Waals surface area contributed by atoms with Crippen molar-refractivity contribution in [3.63, 3.8) is 0 Å². The summed E-state index contributed by atoms with van der Waals surface area (Å²) in [6.07, 6.45) is 6.02. The Balaban J connectivity index is 1.46. The fourth-order valence-corrected chi connectivity index (χ4v) is 3.03. The van der Waals surface area contributed by atoms with Gasteiger partial charge in [0, 0.05) is 43.2 Å². The molecule has 0 bridgehead atoms. The number of para-hydroxylation sites is 1. The van der Waals surface area contributed by atoms with Crippen LogP contribution < -0.4 is 10.1 Å². The quantitative estimate of drug-likeness (QED) is 0.794. The molecule has 6 nitrogen and oxygen atoms in total. The molecule has 1 atom stereocenters. The number of rotatable bonds is 4. The summed E-state index contributed by atoms with van der Waals surface area (Å²) < 4.78 is 7.72. The molecule has 0 saturated heterocycles. The van der Waals surface area contributed by atoms with Gasteiger partial charge in [-0.3, -0.25) is 14.5 Å². The molecule has 4 rings (SSSR count). The van der Waals surface area contributed by atoms with E-state index >= 15 is 0 Å². The molecule has 3 heterocycles. The number of nitrogens with one attached hydrogen (secondary N) is 1. The molecule has 0 radical (unpaired) electrons. The maximum Gasteiger partial charge on any atom is 0.271 e. The van der Waals surface area contributed by atoms with Gasteiger partial charge in [-0.2, -0.15) is 5.10 Å². The molecule has 1 aliphatic heterocycles. The number of nitrogens with zero attached hydrogens (tertiary/aromatic N) is 3. The van der Waals surface area contributed by atoms with Crippen LogP contribution in [0.15, 0.2) is 55.0 Å². The lowest BCUT2D eigenvalue weighted by molar-refractivity contribution is 0.0928. The zero-order valence-electron chi connectivity index (χ0n) is 13.8. The van der Waals surface area contributed by atoms with Crippen molar-refractivity contribution < 1.29 is 9.53 Å². The maximum atomic E-state index is 12.1. The number of aryl methyl sites for hydroxylation is 1. The average Bonchev–Trinajstić information content (AvgIpc) is 3.26. The van der Waals surface area contributed by atoms with Crippen molar-refractivity contribution in [3.8, 4) is 16.9 Å². The Bertz CT molecular complexity index is 905. The minimum Gasteiger partial charge on any atom is -0.487 e. The number of fused-ring (bicyclic) bond motifs is 1. The van der Waals surface area contributed by atoms with Crippen LogP contribution in [0.4, 0.5) is 0 Å². The maximum absolute atomic E-state index is 12.1. The summed E-state index contributed by atoms with van der Waals surface area (Å²) in [5, 5.41) is 7.00. The second kappa shape index (κ2) is 6.39. The molecule has 0 fully saturated rings. The number of hydrogen-bond donors (Lipinski definition) is 1. The lowest BCUT2D eigenvalue weighted by Gasteiger charge is -2.13. The average molecular weight is 334 g/mol. The van der Waals surface area contributed by atoms with Crippen LogP contribution >= 0.6 is 0 Å². The first-order valence-electron chi connectivity index (χ1n) is 8.17. The molecule has 0 aliphatic carbocycles. The van der Waals surface area contributed by atoms with Crippen molar-refractivity contribution in [2.45, 2.75) is 12.5 Å². The number of carbonyl (C=O) groups is 1.